The second-order valence-electron chi connectivity index (χ2n) is 7.69. The van der Waals surface area contributed by atoms with Gasteiger partial charge in [0.1, 0.15) is 18.1 Å². The zero-order valence-corrected chi connectivity index (χ0v) is 17.4. The molecule has 11 heteroatoms. The van der Waals surface area contributed by atoms with E-state index in [1.165, 1.54) is 6.92 Å². The van der Waals surface area contributed by atoms with Crippen molar-refractivity contribution in [2.75, 3.05) is 0 Å². The van der Waals surface area contributed by atoms with Gasteiger partial charge >= 0.3 is 11.9 Å². The molecular weight excluding hydrogens is 384 g/mol. The van der Waals surface area contributed by atoms with Crippen molar-refractivity contribution in [1.82, 2.24) is 16.0 Å². The summed E-state index contributed by atoms with van der Waals surface area (Å²) in [5.74, 6) is -5.08. The van der Waals surface area contributed by atoms with Gasteiger partial charge in [-0.1, -0.05) is 27.7 Å². The molecule has 3 amide bonds. The normalized spacial score (nSPS) is 15.2. The van der Waals surface area contributed by atoms with E-state index in [4.69, 9.17) is 10.8 Å². The number of carbonyl (C=O) groups is 5. The lowest BCUT2D eigenvalue weighted by molar-refractivity contribution is -0.143. The largest absolute Gasteiger partial charge is 0.481 e. The second-order valence-corrected chi connectivity index (χ2v) is 7.69. The van der Waals surface area contributed by atoms with Crippen molar-refractivity contribution in [1.29, 1.82) is 0 Å². The molecule has 0 heterocycles. The summed E-state index contributed by atoms with van der Waals surface area (Å²) in [6, 6.07) is -4.65. The quantitative estimate of drug-likeness (QED) is 0.235. The van der Waals surface area contributed by atoms with Gasteiger partial charge in [-0.2, -0.15) is 0 Å². The Balaban J connectivity index is 5.09. The van der Waals surface area contributed by atoms with Crippen LogP contribution in [0.1, 0.15) is 47.5 Å². The van der Waals surface area contributed by atoms with E-state index < -0.39 is 60.2 Å². The Morgan fingerprint density at radius 1 is 0.793 bits per heavy atom. The van der Waals surface area contributed by atoms with Crippen LogP contribution in [0.3, 0.4) is 0 Å². The summed E-state index contributed by atoms with van der Waals surface area (Å²) in [5, 5.41) is 25.1. The molecule has 0 saturated carbocycles. The lowest BCUT2D eigenvalue weighted by Crippen LogP contribution is -2.57. The fourth-order valence-corrected chi connectivity index (χ4v) is 2.32. The first kappa shape index (κ1) is 26.3. The van der Waals surface area contributed by atoms with E-state index in [0.29, 0.717) is 0 Å². The molecule has 166 valence electrons. The maximum Gasteiger partial charge on any atom is 0.326 e. The molecule has 11 nitrogen and oxygen atoms in total. The zero-order valence-electron chi connectivity index (χ0n) is 17.4. The number of carboxylic acids is 2. The van der Waals surface area contributed by atoms with Crippen molar-refractivity contribution in [3.05, 3.63) is 0 Å². The Bertz CT molecular complexity index is 621. The van der Waals surface area contributed by atoms with Crippen molar-refractivity contribution in [3.8, 4) is 0 Å². The summed E-state index contributed by atoms with van der Waals surface area (Å²) in [6.07, 6.45) is -0.506. The minimum atomic E-state index is -1.44. The van der Waals surface area contributed by atoms with Crippen molar-refractivity contribution < 1.29 is 34.2 Å². The van der Waals surface area contributed by atoms with E-state index >= 15 is 0 Å². The SMILES string of the molecule is CC(C)CC(NC(=O)C(C)NC(=O)C(CC(=O)O)NC(=O)C(N)C(C)C)C(=O)O. The van der Waals surface area contributed by atoms with Gasteiger partial charge in [-0.3, -0.25) is 19.2 Å². The maximum atomic E-state index is 12.4. The Kier molecular flexibility index (Phi) is 10.9. The van der Waals surface area contributed by atoms with Crippen LogP contribution in [-0.4, -0.2) is 64.0 Å². The number of hydrogen-bond acceptors (Lipinski definition) is 6. The van der Waals surface area contributed by atoms with Gasteiger partial charge in [-0.25, -0.2) is 4.79 Å². The summed E-state index contributed by atoms with van der Waals surface area (Å²) in [4.78, 5) is 59.0. The number of amides is 3. The van der Waals surface area contributed by atoms with Gasteiger partial charge < -0.3 is 31.9 Å². The third-order valence-electron chi connectivity index (χ3n) is 4.11. The molecule has 0 aliphatic carbocycles. The summed E-state index contributed by atoms with van der Waals surface area (Å²) >= 11 is 0. The van der Waals surface area contributed by atoms with Crippen molar-refractivity contribution >= 4 is 29.7 Å². The third kappa shape index (κ3) is 9.88. The first-order valence-corrected chi connectivity index (χ1v) is 9.37. The Morgan fingerprint density at radius 3 is 1.72 bits per heavy atom. The Morgan fingerprint density at radius 2 is 1.31 bits per heavy atom. The van der Waals surface area contributed by atoms with Crippen molar-refractivity contribution in [2.24, 2.45) is 17.6 Å². The van der Waals surface area contributed by atoms with Gasteiger partial charge in [0.05, 0.1) is 12.5 Å². The van der Waals surface area contributed by atoms with Crippen LogP contribution in [0, 0.1) is 11.8 Å². The summed E-state index contributed by atoms with van der Waals surface area (Å²) in [7, 11) is 0. The smallest absolute Gasteiger partial charge is 0.326 e. The molecule has 0 aliphatic heterocycles. The van der Waals surface area contributed by atoms with Gasteiger partial charge in [0.2, 0.25) is 17.7 Å². The lowest BCUT2D eigenvalue weighted by Gasteiger charge is -2.23. The van der Waals surface area contributed by atoms with Gasteiger partial charge in [-0.05, 0) is 25.2 Å². The molecule has 0 aliphatic rings. The highest BCUT2D eigenvalue weighted by Gasteiger charge is 2.30. The Labute approximate surface area is 169 Å². The monoisotopic (exact) mass is 416 g/mol. The Hall–Kier alpha value is -2.69. The predicted octanol–water partition coefficient (Wildman–Crippen LogP) is -0.951. The predicted molar refractivity (Wildman–Crippen MR) is 104 cm³/mol. The van der Waals surface area contributed by atoms with Crippen LogP contribution >= 0.6 is 0 Å². The van der Waals surface area contributed by atoms with Crippen molar-refractivity contribution in [3.63, 3.8) is 0 Å². The molecule has 0 bridgehead atoms. The molecule has 0 rings (SSSR count). The van der Waals surface area contributed by atoms with E-state index in [1.54, 1.807) is 27.7 Å². The average molecular weight is 416 g/mol. The number of nitrogens with one attached hydrogen (secondary N) is 3. The number of nitrogens with two attached hydrogens (primary N) is 1. The fourth-order valence-electron chi connectivity index (χ4n) is 2.32. The van der Waals surface area contributed by atoms with Crippen molar-refractivity contribution in [2.45, 2.75) is 71.6 Å². The molecule has 0 aromatic carbocycles. The van der Waals surface area contributed by atoms with Crippen LogP contribution in [0.5, 0.6) is 0 Å². The molecule has 29 heavy (non-hydrogen) atoms. The topological polar surface area (TPSA) is 188 Å². The van der Waals surface area contributed by atoms with Crippen LogP contribution in [0.15, 0.2) is 0 Å². The van der Waals surface area contributed by atoms with Gasteiger partial charge in [0.25, 0.3) is 0 Å². The number of carbonyl (C=O) groups excluding carboxylic acids is 3. The van der Waals surface area contributed by atoms with E-state index in [0.717, 1.165) is 0 Å². The highest BCUT2D eigenvalue weighted by atomic mass is 16.4. The van der Waals surface area contributed by atoms with Crippen LogP contribution < -0.4 is 21.7 Å². The van der Waals surface area contributed by atoms with E-state index in [1.807, 2.05) is 0 Å². The zero-order chi connectivity index (χ0) is 22.9. The fraction of sp³-hybridized carbons (Fsp3) is 0.722. The third-order valence-corrected chi connectivity index (χ3v) is 4.11. The minimum Gasteiger partial charge on any atom is -0.481 e. The van der Waals surface area contributed by atoms with Crippen LogP contribution in [0.4, 0.5) is 0 Å². The standard InChI is InChI=1S/C18H32N4O7/c1-8(2)6-12(18(28)29)22-15(25)10(5)20-16(26)11(7-13(23)24)21-17(27)14(19)9(3)4/h8-12,14H,6-7,19H2,1-5H3,(H,20,26)(H,21,27)(H,22,25)(H,23,24)(H,28,29). The van der Waals surface area contributed by atoms with Crippen LogP contribution in [0.2, 0.25) is 0 Å². The van der Waals surface area contributed by atoms with Gasteiger partial charge in [0.15, 0.2) is 0 Å². The molecule has 7 N–H and O–H groups in total. The molecule has 0 fully saturated rings. The molecular formula is C18H32N4O7. The highest BCUT2D eigenvalue weighted by Crippen LogP contribution is 2.06. The average Bonchev–Trinajstić information content (AvgIpc) is 2.58. The number of carboxylic acid groups (broad SMARTS) is 2. The molecule has 0 saturated heterocycles. The summed E-state index contributed by atoms with van der Waals surface area (Å²) in [6.45, 7) is 8.31. The molecule has 0 aromatic heterocycles. The first-order valence-electron chi connectivity index (χ1n) is 9.37. The second kappa shape index (κ2) is 12.0. The minimum absolute atomic E-state index is 0.0154. The molecule has 4 atom stereocenters. The maximum absolute atomic E-state index is 12.4. The summed E-state index contributed by atoms with van der Waals surface area (Å²) in [5.41, 5.74) is 5.70. The highest BCUT2D eigenvalue weighted by molar-refractivity contribution is 5.95. The summed E-state index contributed by atoms with van der Waals surface area (Å²) < 4.78 is 0. The van der Waals surface area contributed by atoms with Gasteiger partial charge in [-0.15, -0.1) is 0 Å². The molecule has 0 spiro atoms. The van der Waals surface area contributed by atoms with E-state index in [9.17, 15) is 29.1 Å². The van der Waals surface area contributed by atoms with Crippen LogP contribution in [-0.2, 0) is 24.0 Å². The number of rotatable bonds is 12. The van der Waals surface area contributed by atoms with Gasteiger partial charge in [0, 0.05) is 0 Å². The van der Waals surface area contributed by atoms with E-state index in [2.05, 4.69) is 16.0 Å². The number of aliphatic carboxylic acids is 2. The lowest BCUT2D eigenvalue weighted by atomic mass is 10.0. The first-order chi connectivity index (χ1) is 13.3. The van der Waals surface area contributed by atoms with Crippen LogP contribution in [0.25, 0.3) is 0 Å². The molecule has 0 aromatic rings. The number of hydrogen-bond donors (Lipinski definition) is 6. The molecule has 0 radical (unpaired) electrons. The molecule has 4 unspecified atom stereocenters. The van der Waals surface area contributed by atoms with E-state index in [-0.39, 0.29) is 18.3 Å².